The Morgan fingerprint density at radius 1 is 1.44 bits per heavy atom. The minimum atomic E-state index is 0.256. The van der Waals surface area contributed by atoms with E-state index in [9.17, 15) is 0 Å². The molecule has 0 bridgehead atoms. The van der Waals surface area contributed by atoms with Crippen LogP contribution in [0.2, 0.25) is 0 Å². The predicted octanol–water partition coefficient (Wildman–Crippen LogP) is 3.13. The quantitative estimate of drug-likeness (QED) is 0.823. The number of nitriles is 1. The van der Waals surface area contributed by atoms with Crippen LogP contribution in [0.25, 0.3) is 0 Å². The smallest absolute Gasteiger partial charge is 0.0994 e. The van der Waals surface area contributed by atoms with Gasteiger partial charge in [-0.1, -0.05) is 19.1 Å². The summed E-state index contributed by atoms with van der Waals surface area (Å²) in [4.78, 5) is 0. The van der Waals surface area contributed by atoms with Crippen LogP contribution in [-0.4, -0.2) is 11.7 Å². The molecule has 86 valence electrons. The molecule has 0 aliphatic rings. The number of hydrogen-bond donors (Lipinski definition) is 1. The summed E-state index contributed by atoms with van der Waals surface area (Å²) in [6.45, 7) is 4.39. The Hall–Kier alpha value is -1.33. The van der Waals surface area contributed by atoms with Gasteiger partial charge in [0.25, 0.3) is 0 Å². The van der Waals surface area contributed by atoms with Gasteiger partial charge in [-0.2, -0.15) is 5.26 Å². The Labute approximate surface area is 97.5 Å². The first-order chi connectivity index (χ1) is 7.72. The third kappa shape index (κ3) is 3.08. The van der Waals surface area contributed by atoms with E-state index in [1.807, 2.05) is 19.1 Å². The highest BCUT2D eigenvalue weighted by atomic mass is 16.2. The van der Waals surface area contributed by atoms with Crippen molar-refractivity contribution in [2.24, 2.45) is 0 Å². The molecule has 1 aromatic rings. The predicted molar refractivity (Wildman–Crippen MR) is 65.2 cm³/mol. The molecule has 0 spiro atoms. The second kappa shape index (κ2) is 6.30. The molecule has 0 amide bonds. The maximum atomic E-state index is 8.86. The normalized spacial score (nSPS) is 12.1. The van der Waals surface area contributed by atoms with Crippen molar-refractivity contribution >= 4 is 0 Å². The van der Waals surface area contributed by atoms with Gasteiger partial charge in [0.2, 0.25) is 0 Å². The van der Waals surface area contributed by atoms with Gasteiger partial charge in [0.15, 0.2) is 0 Å². The van der Waals surface area contributed by atoms with Crippen LogP contribution in [0, 0.1) is 18.3 Å². The molecule has 0 aliphatic carbocycles. The molecular weight excluding hydrogens is 198 g/mol. The maximum Gasteiger partial charge on any atom is 0.0994 e. The maximum absolute atomic E-state index is 8.86. The summed E-state index contributed by atoms with van der Waals surface area (Å²) >= 11 is 0. The molecule has 1 atom stereocenters. The Morgan fingerprint density at radius 2 is 2.19 bits per heavy atom. The first kappa shape index (κ1) is 12.7. The third-order valence-corrected chi connectivity index (χ3v) is 3.05. The van der Waals surface area contributed by atoms with Gasteiger partial charge in [0, 0.05) is 6.61 Å². The summed E-state index contributed by atoms with van der Waals surface area (Å²) in [5.74, 6) is 0.499. The van der Waals surface area contributed by atoms with Gasteiger partial charge in [-0.25, -0.2) is 0 Å². The van der Waals surface area contributed by atoms with Gasteiger partial charge in [-0.05, 0) is 49.3 Å². The molecule has 1 rings (SSSR count). The Morgan fingerprint density at radius 3 is 2.69 bits per heavy atom. The molecule has 1 aromatic carbocycles. The number of aliphatic hydroxyl groups is 1. The molecule has 1 N–H and O–H groups in total. The average Bonchev–Trinajstić information content (AvgIpc) is 2.30. The van der Waals surface area contributed by atoms with Crippen molar-refractivity contribution in [3.63, 3.8) is 0 Å². The van der Waals surface area contributed by atoms with E-state index in [2.05, 4.69) is 19.1 Å². The molecule has 0 aliphatic heterocycles. The molecule has 2 nitrogen and oxygen atoms in total. The first-order valence-electron chi connectivity index (χ1n) is 5.84. The third-order valence-electron chi connectivity index (χ3n) is 3.05. The van der Waals surface area contributed by atoms with Crippen LogP contribution < -0.4 is 0 Å². The van der Waals surface area contributed by atoms with E-state index < -0.39 is 0 Å². The molecule has 0 radical (unpaired) electrons. The molecule has 2 heteroatoms. The number of benzene rings is 1. The number of rotatable bonds is 5. The van der Waals surface area contributed by atoms with E-state index in [0.29, 0.717) is 5.92 Å². The van der Waals surface area contributed by atoms with E-state index >= 15 is 0 Å². The first-order valence-corrected chi connectivity index (χ1v) is 5.84. The Balaban J connectivity index is 2.86. The van der Waals surface area contributed by atoms with Crippen molar-refractivity contribution < 1.29 is 5.11 Å². The second-order valence-electron chi connectivity index (χ2n) is 4.16. The number of hydrogen-bond acceptors (Lipinski definition) is 2. The van der Waals surface area contributed by atoms with Crippen LogP contribution in [0.15, 0.2) is 18.2 Å². The van der Waals surface area contributed by atoms with E-state index in [-0.39, 0.29) is 6.61 Å². The number of nitrogens with zero attached hydrogens (tertiary/aromatic N) is 1. The zero-order valence-electron chi connectivity index (χ0n) is 10.0. The summed E-state index contributed by atoms with van der Waals surface area (Å²) in [6.07, 6.45) is 2.93. The minimum Gasteiger partial charge on any atom is -0.396 e. The van der Waals surface area contributed by atoms with Gasteiger partial charge in [0.1, 0.15) is 0 Å². The van der Waals surface area contributed by atoms with Crippen molar-refractivity contribution in [2.45, 2.75) is 39.0 Å². The molecule has 0 fully saturated rings. The van der Waals surface area contributed by atoms with Crippen LogP contribution in [0.1, 0.15) is 48.8 Å². The molecule has 16 heavy (non-hydrogen) atoms. The molecule has 0 aromatic heterocycles. The SMILES string of the molecule is CCC(CCCO)c1ccc(C#N)c(C)c1. The number of aliphatic hydroxyl groups excluding tert-OH is 1. The van der Waals surface area contributed by atoms with Gasteiger partial charge in [-0.15, -0.1) is 0 Å². The second-order valence-corrected chi connectivity index (χ2v) is 4.16. The monoisotopic (exact) mass is 217 g/mol. The number of aryl methyl sites for hydroxylation is 1. The average molecular weight is 217 g/mol. The van der Waals surface area contributed by atoms with E-state index in [0.717, 1.165) is 30.4 Å². The van der Waals surface area contributed by atoms with Crippen LogP contribution in [0.5, 0.6) is 0 Å². The van der Waals surface area contributed by atoms with Crippen LogP contribution >= 0.6 is 0 Å². The zero-order valence-corrected chi connectivity index (χ0v) is 10.0. The summed E-state index contributed by atoms with van der Waals surface area (Å²) in [7, 11) is 0. The lowest BCUT2D eigenvalue weighted by atomic mass is 9.90. The lowest BCUT2D eigenvalue weighted by molar-refractivity contribution is 0.279. The fourth-order valence-corrected chi connectivity index (χ4v) is 2.01. The molecule has 0 heterocycles. The summed E-state index contributed by atoms with van der Waals surface area (Å²) in [5.41, 5.74) is 3.08. The highest BCUT2D eigenvalue weighted by Gasteiger charge is 2.10. The zero-order chi connectivity index (χ0) is 12.0. The van der Waals surface area contributed by atoms with E-state index in [1.54, 1.807) is 0 Å². The Kier molecular flexibility index (Phi) is 5.01. The lowest BCUT2D eigenvalue weighted by Crippen LogP contribution is -2.00. The Bertz CT molecular complexity index is 379. The molecular formula is C14H19NO. The van der Waals surface area contributed by atoms with Crippen molar-refractivity contribution in [2.75, 3.05) is 6.61 Å². The molecule has 0 saturated heterocycles. The van der Waals surface area contributed by atoms with Gasteiger partial charge < -0.3 is 5.11 Å². The van der Waals surface area contributed by atoms with Gasteiger partial charge >= 0.3 is 0 Å². The van der Waals surface area contributed by atoms with Crippen molar-refractivity contribution in [3.05, 3.63) is 34.9 Å². The van der Waals surface area contributed by atoms with E-state index in [1.165, 1.54) is 5.56 Å². The topological polar surface area (TPSA) is 44.0 Å². The van der Waals surface area contributed by atoms with Crippen LogP contribution in [0.4, 0.5) is 0 Å². The van der Waals surface area contributed by atoms with Crippen molar-refractivity contribution in [3.8, 4) is 6.07 Å². The van der Waals surface area contributed by atoms with Gasteiger partial charge in [0.05, 0.1) is 11.6 Å². The highest BCUT2D eigenvalue weighted by Crippen LogP contribution is 2.26. The summed E-state index contributed by atoms with van der Waals surface area (Å²) in [6, 6.07) is 8.22. The van der Waals surface area contributed by atoms with Crippen molar-refractivity contribution in [1.29, 1.82) is 5.26 Å². The largest absolute Gasteiger partial charge is 0.396 e. The summed E-state index contributed by atoms with van der Waals surface area (Å²) in [5, 5.41) is 17.7. The van der Waals surface area contributed by atoms with Crippen LogP contribution in [-0.2, 0) is 0 Å². The summed E-state index contributed by atoms with van der Waals surface area (Å²) < 4.78 is 0. The highest BCUT2D eigenvalue weighted by molar-refractivity contribution is 5.40. The fourth-order valence-electron chi connectivity index (χ4n) is 2.01. The van der Waals surface area contributed by atoms with Crippen LogP contribution in [0.3, 0.4) is 0 Å². The minimum absolute atomic E-state index is 0.256. The molecule has 0 saturated carbocycles. The fraction of sp³-hybridized carbons (Fsp3) is 0.500. The van der Waals surface area contributed by atoms with Gasteiger partial charge in [-0.3, -0.25) is 0 Å². The standard InChI is InChI=1S/C14H19NO/c1-3-12(5-4-8-16)13-6-7-14(10-15)11(2)9-13/h6-7,9,12,16H,3-5,8H2,1-2H3. The van der Waals surface area contributed by atoms with Crippen molar-refractivity contribution in [1.82, 2.24) is 0 Å². The molecule has 1 unspecified atom stereocenters. The lowest BCUT2D eigenvalue weighted by Gasteiger charge is -2.15. The van der Waals surface area contributed by atoms with E-state index in [4.69, 9.17) is 10.4 Å².